The lowest BCUT2D eigenvalue weighted by Crippen LogP contribution is -2.37. The number of phenolic OH excluding ortho intramolecular Hbond substituents is 1. The normalized spacial score (nSPS) is 17.8. The van der Waals surface area contributed by atoms with Gasteiger partial charge >= 0.3 is 0 Å². The second kappa shape index (κ2) is 5.69. The van der Waals surface area contributed by atoms with Crippen LogP contribution in [0.4, 0.5) is 0 Å². The molecule has 2 rings (SSSR count). The minimum Gasteiger partial charge on any atom is -0.508 e. The average Bonchev–Trinajstić information content (AvgIpc) is 2.39. The molecule has 18 heavy (non-hydrogen) atoms. The van der Waals surface area contributed by atoms with Crippen LogP contribution in [0.3, 0.4) is 0 Å². The first-order valence-corrected chi connectivity index (χ1v) is 7.47. The molecule has 1 heterocycles. The molecule has 100 valence electrons. The fourth-order valence-corrected chi connectivity index (χ4v) is 3.35. The van der Waals surface area contributed by atoms with Crippen LogP contribution in [-0.4, -0.2) is 32.0 Å². The molecule has 0 bridgehead atoms. The Balaban J connectivity index is 1.98. The third-order valence-corrected chi connectivity index (χ3v) is 4.96. The summed E-state index contributed by atoms with van der Waals surface area (Å²) in [6.45, 7) is 1.09. The summed E-state index contributed by atoms with van der Waals surface area (Å²) >= 11 is 0. The summed E-state index contributed by atoms with van der Waals surface area (Å²) < 4.78 is 31.7. The Hall–Kier alpha value is -1.11. The quantitative estimate of drug-likeness (QED) is 0.856. The summed E-state index contributed by atoms with van der Waals surface area (Å²) in [5, 5.41) is 9.17. The van der Waals surface area contributed by atoms with Crippen molar-refractivity contribution in [3.63, 3.8) is 0 Å². The largest absolute Gasteiger partial charge is 0.508 e. The number of hydrogen-bond acceptors (Lipinski definition) is 4. The highest BCUT2D eigenvalue weighted by molar-refractivity contribution is 7.90. The molecule has 0 aromatic heterocycles. The van der Waals surface area contributed by atoms with Crippen molar-refractivity contribution < 1.29 is 18.3 Å². The van der Waals surface area contributed by atoms with E-state index in [0.29, 0.717) is 31.6 Å². The maximum Gasteiger partial charge on any atom is 0.214 e. The van der Waals surface area contributed by atoms with Gasteiger partial charge in [0.05, 0.1) is 5.25 Å². The maximum atomic E-state index is 12.0. The van der Waals surface area contributed by atoms with E-state index in [9.17, 15) is 13.5 Å². The molecule has 0 spiro atoms. The zero-order valence-corrected chi connectivity index (χ0v) is 10.8. The predicted molar refractivity (Wildman–Crippen MR) is 67.7 cm³/mol. The molecule has 2 N–H and O–H groups in total. The Kier molecular flexibility index (Phi) is 4.21. The van der Waals surface area contributed by atoms with E-state index in [2.05, 4.69) is 4.72 Å². The summed E-state index contributed by atoms with van der Waals surface area (Å²) in [6.07, 6.45) is 1.05. The van der Waals surface area contributed by atoms with E-state index < -0.39 is 15.3 Å². The number of ether oxygens (including phenoxy) is 1. The van der Waals surface area contributed by atoms with Gasteiger partial charge < -0.3 is 9.84 Å². The van der Waals surface area contributed by atoms with Gasteiger partial charge in [0, 0.05) is 25.3 Å². The molecule has 0 radical (unpaired) electrons. The molecule has 0 unspecified atom stereocenters. The van der Waals surface area contributed by atoms with Gasteiger partial charge in [0.2, 0.25) is 10.0 Å². The average molecular weight is 271 g/mol. The van der Waals surface area contributed by atoms with Crippen LogP contribution < -0.4 is 4.72 Å². The van der Waals surface area contributed by atoms with Crippen LogP contribution in [0.2, 0.25) is 0 Å². The van der Waals surface area contributed by atoms with E-state index in [4.69, 9.17) is 4.74 Å². The zero-order chi connectivity index (χ0) is 13.0. The van der Waals surface area contributed by atoms with Crippen molar-refractivity contribution in [3.8, 4) is 5.75 Å². The van der Waals surface area contributed by atoms with Crippen LogP contribution in [0.5, 0.6) is 5.75 Å². The van der Waals surface area contributed by atoms with Crippen molar-refractivity contribution in [2.24, 2.45) is 0 Å². The Bertz CT molecular complexity index is 495. The number of rotatable bonds is 4. The van der Waals surface area contributed by atoms with E-state index in [1.165, 1.54) is 6.07 Å². The van der Waals surface area contributed by atoms with Crippen molar-refractivity contribution in [2.75, 3.05) is 13.2 Å². The second-order valence-electron chi connectivity index (χ2n) is 4.31. The van der Waals surface area contributed by atoms with Crippen LogP contribution >= 0.6 is 0 Å². The highest BCUT2D eigenvalue weighted by atomic mass is 32.2. The van der Waals surface area contributed by atoms with Gasteiger partial charge in [0.15, 0.2) is 0 Å². The van der Waals surface area contributed by atoms with Gasteiger partial charge in [0.1, 0.15) is 5.75 Å². The molecule has 0 saturated carbocycles. The van der Waals surface area contributed by atoms with Crippen LogP contribution in [0, 0.1) is 0 Å². The van der Waals surface area contributed by atoms with Crippen LogP contribution in [0.15, 0.2) is 24.3 Å². The fourth-order valence-electron chi connectivity index (χ4n) is 1.94. The minimum absolute atomic E-state index is 0.104. The molecule has 1 aliphatic heterocycles. The number of hydrogen-bond donors (Lipinski definition) is 2. The molecule has 1 aliphatic rings. The lowest BCUT2D eigenvalue weighted by molar-refractivity contribution is 0.0981. The number of phenols is 1. The van der Waals surface area contributed by atoms with Gasteiger partial charge in [-0.1, -0.05) is 18.2 Å². The molecule has 6 heteroatoms. The number of aromatic hydroxyl groups is 1. The minimum atomic E-state index is -3.34. The number of sulfonamides is 1. The van der Waals surface area contributed by atoms with Crippen LogP contribution in [0.1, 0.15) is 18.4 Å². The van der Waals surface area contributed by atoms with E-state index >= 15 is 0 Å². The third kappa shape index (κ3) is 3.22. The fraction of sp³-hybridized carbons (Fsp3) is 0.500. The van der Waals surface area contributed by atoms with Gasteiger partial charge in [-0.3, -0.25) is 0 Å². The smallest absolute Gasteiger partial charge is 0.214 e. The summed E-state index contributed by atoms with van der Waals surface area (Å²) in [5.74, 6) is 0.104. The molecular formula is C12H17NO4S. The Morgan fingerprint density at radius 1 is 1.28 bits per heavy atom. The SMILES string of the molecule is O=S(=O)(NCc1ccccc1O)C1CCOCC1. The summed E-state index contributed by atoms with van der Waals surface area (Å²) in [4.78, 5) is 0. The van der Waals surface area contributed by atoms with Gasteiger partial charge in [-0.2, -0.15) is 0 Å². The zero-order valence-electron chi connectivity index (χ0n) is 10.0. The molecule has 1 aromatic carbocycles. The topological polar surface area (TPSA) is 75.6 Å². The second-order valence-corrected chi connectivity index (χ2v) is 6.35. The molecule has 0 atom stereocenters. The van der Waals surface area contributed by atoms with Crippen molar-refractivity contribution in [3.05, 3.63) is 29.8 Å². The summed E-state index contributed by atoms with van der Waals surface area (Å²) in [5.41, 5.74) is 0.577. The van der Waals surface area contributed by atoms with Gasteiger partial charge in [-0.15, -0.1) is 0 Å². The third-order valence-electron chi connectivity index (χ3n) is 3.06. The highest BCUT2D eigenvalue weighted by Crippen LogP contribution is 2.18. The van der Waals surface area contributed by atoms with E-state index in [0.717, 1.165) is 0 Å². The van der Waals surface area contributed by atoms with E-state index in [1.54, 1.807) is 18.2 Å². The molecule has 1 saturated heterocycles. The Morgan fingerprint density at radius 3 is 2.61 bits per heavy atom. The molecule has 1 fully saturated rings. The van der Waals surface area contributed by atoms with Gasteiger partial charge in [0.25, 0.3) is 0 Å². The van der Waals surface area contributed by atoms with Crippen molar-refractivity contribution in [1.29, 1.82) is 0 Å². The summed E-state index contributed by atoms with van der Waals surface area (Å²) in [6, 6.07) is 6.70. The summed E-state index contributed by atoms with van der Waals surface area (Å²) in [7, 11) is -3.34. The highest BCUT2D eigenvalue weighted by Gasteiger charge is 2.27. The number of benzene rings is 1. The Morgan fingerprint density at radius 2 is 1.94 bits per heavy atom. The first-order chi connectivity index (χ1) is 8.59. The molecule has 0 amide bonds. The van der Waals surface area contributed by atoms with Crippen molar-refractivity contribution >= 4 is 10.0 Å². The predicted octanol–water partition coefficient (Wildman–Crippen LogP) is 0.991. The van der Waals surface area contributed by atoms with Crippen LogP contribution in [0.25, 0.3) is 0 Å². The number of nitrogens with one attached hydrogen (secondary N) is 1. The van der Waals surface area contributed by atoms with Gasteiger partial charge in [-0.25, -0.2) is 13.1 Å². The molecule has 1 aromatic rings. The maximum absolute atomic E-state index is 12.0. The lowest BCUT2D eigenvalue weighted by Gasteiger charge is -2.22. The van der Waals surface area contributed by atoms with Crippen LogP contribution in [-0.2, 0) is 21.3 Å². The molecule has 0 aliphatic carbocycles. The van der Waals surface area contributed by atoms with Crippen molar-refractivity contribution in [1.82, 2.24) is 4.72 Å². The van der Waals surface area contributed by atoms with Gasteiger partial charge in [-0.05, 0) is 18.9 Å². The van der Waals surface area contributed by atoms with Crippen molar-refractivity contribution in [2.45, 2.75) is 24.6 Å². The first-order valence-electron chi connectivity index (χ1n) is 5.93. The number of para-hydroxylation sites is 1. The molecule has 5 nitrogen and oxygen atoms in total. The van der Waals surface area contributed by atoms with E-state index in [1.807, 2.05) is 0 Å². The molecular weight excluding hydrogens is 254 g/mol. The van der Waals surface area contributed by atoms with E-state index in [-0.39, 0.29) is 12.3 Å². The standard InChI is InChI=1S/C12H17NO4S/c14-12-4-2-1-3-10(12)9-13-18(15,16)11-5-7-17-8-6-11/h1-4,11,13-14H,5-9H2. The lowest BCUT2D eigenvalue weighted by atomic mass is 10.2. The first kappa shape index (κ1) is 13.3. The Labute approximate surface area is 107 Å². The monoisotopic (exact) mass is 271 g/mol.